The molecule has 1 aliphatic heterocycles. The Kier molecular flexibility index (Phi) is 5.01. The molecule has 0 aromatic heterocycles. The lowest BCUT2D eigenvalue weighted by atomic mass is 9.97. The number of hydrogen-bond acceptors (Lipinski definition) is 3. The van der Waals surface area contributed by atoms with Gasteiger partial charge in [-0.1, -0.05) is 24.3 Å². The number of carbonyl (C=O) groups excluding carboxylic acids is 1. The second kappa shape index (κ2) is 7.60. The molecule has 1 aliphatic rings. The Labute approximate surface area is 163 Å². The third kappa shape index (κ3) is 3.45. The van der Waals surface area contributed by atoms with Gasteiger partial charge < -0.3 is 15.0 Å². The van der Waals surface area contributed by atoms with Gasteiger partial charge in [0, 0.05) is 35.4 Å². The van der Waals surface area contributed by atoms with Crippen LogP contribution in [0.1, 0.15) is 21.5 Å². The minimum atomic E-state index is -0.246. The Hall–Kier alpha value is -2.92. The minimum Gasteiger partial charge on any atom is -0.378 e. The van der Waals surface area contributed by atoms with Crippen molar-refractivity contribution in [3.8, 4) is 0 Å². The molecule has 1 fully saturated rings. The maximum absolute atomic E-state index is 13.9. The van der Waals surface area contributed by atoms with Crippen LogP contribution in [0.3, 0.4) is 0 Å². The Morgan fingerprint density at radius 3 is 2.57 bits per heavy atom. The first kappa shape index (κ1) is 18.4. The van der Waals surface area contributed by atoms with E-state index in [1.807, 2.05) is 48.2 Å². The number of nitrogens with one attached hydrogen (secondary N) is 1. The molecule has 0 bridgehead atoms. The standard InChI is InChI=1S/C23H23FN2O2/c1-15-6-7-17(14-20(15)24)25-21-9-8-19(22-16(2)4-3-5-18(21)22)23(27)26-10-12-28-13-11-26/h3-9,14,25H,10-13H2,1-2H3. The molecule has 3 aromatic carbocycles. The van der Waals surface area contributed by atoms with Crippen molar-refractivity contribution in [3.05, 3.63) is 71.0 Å². The number of hydrogen-bond donors (Lipinski definition) is 1. The van der Waals surface area contributed by atoms with Gasteiger partial charge in [0.2, 0.25) is 0 Å². The molecule has 0 unspecified atom stereocenters. The molecular weight excluding hydrogens is 355 g/mol. The third-order valence-electron chi connectivity index (χ3n) is 5.23. The summed E-state index contributed by atoms with van der Waals surface area (Å²) in [5.74, 6) is -0.222. The highest BCUT2D eigenvalue weighted by Crippen LogP contribution is 2.32. The summed E-state index contributed by atoms with van der Waals surface area (Å²) in [5, 5.41) is 5.17. The molecular formula is C23H23FN2O2. The number of ether oxygens (including phenoxy) is 1. The van der Waals surface area contributed by atoms with Crippen LogP contribution in [-0.2, 0) is 4.74 Å². The number of halogens is 1. The minimum absolute atomic E-state index is 0.0236. The second-order valence-corrected chi connectivity index (χ2v) is 7.15. The average molecular weight is 378 g/mol. The summed E-state index contributed by atoms with van der Waals surface area (Å²) in [6, 6.07) is 14.8. The average Bonchev–Trinajstić information content (AvgIpc) is 2.71. The lowest BCUT2D eigenvalue weighted by Gasteiger charge is -2.27. The number of carbonyl (C=O) groups is 1. The normalized spacial score (nSPS) is 14.3. The van der Waals surface area contributed by atoms with Gasteiger partial charge in [-0.3, -0.25) is 4.79 Å². The van der Waals surface area contributed by atoms with Crippen LogP contribution in [0.25, 0.3) is 10.8 Å². The molecule has 0 radical (unpaired) electrons. The van der Waals surface area contributed by atoms with Crippen molar-refractivity contribution in [1.29, 1.82) is 0 Å². The molecule has 0 spiro atoms. The number of benzene rings is 3. The first-order chi connectivity index (χ1) is 13.5. The van der Waals surface area contributed by atoms with Crippen molar-refractivity contribution in [2.45, 2.75) is 13.8 Å². The van der Waals surface area contributed by atoms with Crippen LogP contribution < -0.4 is 5.32 Å². The number of anilines is 2. The van der Waals surface area contributed by atoms with Gasteiger partial charge in [-0.2, -0.15) is 0 Å². The topological polar surface area (TPSA) is 41.6 Å². The highest BCUT2D eigenvalue weighted by atomic mass is 19.1. The van der Waals surface area contributed by atoms with Crippen molar-refractivity contribution in [2.24, 2.45) is 0 Å². The fourth-order valence-corrected chi connectivity index (χ4v) is 3.64. The van der Waals surface area contributed by atoms with E-state index in [0.29, 0.717) is 43.1 Å². The summed E-state index contributed by atoms with van der Waals surface area (Å²) < 4.78 is 19.3. The van der Waals surface area contributed by atoms with Crippen molar-refractivity contribution in [3.63, 3.8) is 0 Å². The van der Waals surface area contributed by atoms with Gasteiger partial charge in [0.05, 0.1) is 13.2 Å². The van der Waals surface area contributed by atoms with E-state index in [9.17, 15) is 9.18 Å². The number of aryl methyl sites for hydroxylation is 2. The lowest BCUT2D eigenvalue weighted by Crippen LogP contribution is -2.40. The molecule has 1 amide bonds. The summed E-state index contributed by atoms with van der Waals surface area (Å²) in [6.45, 7) is 6.10. The number of fused-ring (bicyclic) bond motifs is 1. The van der Waals surface area contributed by atoms with Crippen molar-refractivity contribution in [1.82, 2.24) is 4.90 Å². The maximum Gasteiger partial charge on any atom is 0.254 e. The van der Waals surface area contributed by atoms with E-state index in [0.717, 1.165) is 22.0 Å². The molecule has 0 aliphatic carbocycles. The molecule has 5 heteroatoms. The highest BCUT2D eigenvalue weighted by molar-refractivity contribution is 6.11. The summed E-state index contributed by atoms with van der Waals surface area (Å²) in [7, 11) is 0. The Bertz CT molecular complexity index is 1040. The van der Waals surface area contributed by atoms with Crippen LogP contribution in [0, 0.1) is 19.7 Å². The molecule has 28 heavy (non-hydrogen) atoms. The van der Waals surface area contributed by atoms with E-state index in [4.69, 9.17) is 4.74 Å². The molecule has 4 rings (SSSR count). The van der Waals surface area contributed by atoms with Crippen molar-refractivity contribution < 1.29 is 13.9 Å². The summed E-state index contributed by atoms with van der Waals surface area (Å²) in [4.78, 5) is 15.0. The van der Waals surface area contributed by atoms with E-state index in [1.165, 1.54) is 6.07 Å². The zero-order valence-electron chi connectivity index (χ0n) is 16.1. The quantitative estimate of drug-likeness (QED) is 0.711. The Morgan fingerprint density at radius 2 is 1.82 bits per heavy atom. The van der Waals surface area contributed by atoms with Gasteiger partial charge in [-0.05, 0) is 54.6 Å². The van der Waals surface area contributed by atoms with E-state index >= 15 is 0 Å². The van der Waals surface area contributed by atoms with Gasteiger partial charge in [-0.25, -0.2) is 4.39 Å². The summed E-state index contributed by atoms with van der Waals surface area (Å²) in [6.07, 6.45) is 0. The molecule has 1 heterocycles. The van der Waals surface area contributed by atoms with E-state index in [2.05, 4.69) is 5.32 Å². The van der Waals surface area contributed by atoms with Crippen molar-refractivity contribution in [2.75, 3.05) is 31.6 Å². The Morgan fingerprint density at radius 1 is 1.04 bits per heavy atom. The smallest absolute Gasteiger partial charge is 0.254 e. The van der Waals surface area contributed by atoms with Crippen LogP contribution in [0.4, 0.5) is 15.8 Å². The van der Waals surface area contributed by atoms with Crippen LogP contribution in [0.15, 0.2) is 48.5 Å². The molecule has 0 atom stereocenters. The zero-order valence-corrected chi connectivity index (χ0v) is 16.1. The predicted octanol–water partition coefficient (Wildman–Crippen LogP) is 4.81. The number of morpholine rings is 1. The van der Waals surface area contributed by atoms with Gasteiger partial charge in [-0.15, -0.1) is 0 Å². The van der Waals surface area contributed by atoms with Gasteiger partial charge in [0.25, 0.3) is 5.91 Å². The number of nitrogens with zero attached hydrogens (tertiary/aromatic N) is 1. The van der Waals surface area contributed by atoms with E-state index < -0.39 is 0 Å². The van der Waals surface area contributed by atoms with Gasteiger partial charge in [0.15, 0.2) is 0 Å². The monoisotopic (exact) mass is 378 g/mol. The van der Waals surface area contributed by atoms with E-state index in [-0.39, 0.29) is 11.7 Å². The number of rotatable bonds is 3. The van der Waals surface area contributed by atoms with Crippen LogP contribution in [-0.4, -0.2) is 37.1 Å². The fourth-order valence-electron chi connectivity index (χ4n) is 3.64. The van der Waals surface area contributed by atoms with Crippen LogP contribution >= 0.6 is 0 Å². The van der Waals surface area contributed by atoms with Gasteiger partial charge >= 0.3 is 0 Å². The zero-order chi connectivity index (χ0) is 19.7. The highest BCUT2D eigenvalue weighted by Gasteiger charge is 2.22. The molecule has 1 N–H and O–H groups in total. The largest absolute Gasteiger partial charge is 0.378 e. The molecule has 0 saturated carbocycles. The summed E-state index contributed by atoms with van der Waals surface area (Å²) >= 11 is 0. The Balaban J connectivity index is 1.76. The lowest BCUT2D eigenvalue weighted by molar-refractivity contribution is 0.0304. The SMILES string of the molecule is Cc1ccc(Nc2ccc(C(=O)N3CCOCC3)c3c(C)cccc23)cc1F. The predicted molar refractivity (Wildman–Crippen MR) is 110 cm³/mol. The van der Waals surface area contributed by atoms with Crippen LogP contribution in [0.2, 0.25) is 0 Å². The van der Waals surface area contributed by atoms with Crippen LogP contribution in [0.5, 0.6) is 0 Å². The molecule has 1 saturated heterocycles. The fraction of sp³-hybridized carbons (Fsp3) is 0.261. The first-order valence-corrected chi connectivity index (χ1v) is 9.47. The molecule has 3 aromatic rings. The molecule has 144 valence electrons. The maximum atomic E-state index is 13.9. The third-order valence-corrected chi connectivity index (χ3v) is 5.23. The summed E-state index contributed by atoms with van der Waals surface area (Å²) in [5.41, 5.74) is 3.86. The van der Waals surface area contributed by atoms with E-state index in [1.54, 1.807) is 13.0 Å². The number of amides is 1. The molecule has 4 nitrogen and oxygen atoms in total. The second-order valence-electron chi connectivity index (χ2n) is 7.15. The first-order valence-electron chi connectivity index (χ1n) is 9.47. The van der Waals surface area contributed by atoms with Gasteiger partial charge in [0.1, 0.15) is 5.82 Å². The van der Waals surface area contributed by atoms with Crippen molar-refractivity contribution >= 4 is 28.1 Å².